The van der Waals surface area contributed by atoms with Crippen molar-refractivity contribution in [2.24, 2.45) is 0 Å². The Kier molecular flexibility index (Phi) is 5.72. The molecule has 1 saturated heterocycles. The second-order valence-corrected chi connectivity index (χ2v) is 9.39. The van der Waals surface area contributed by atoms with E-state index in [1.807, 2.05) is 23.2 Å². The van der Waals surface area contributed by atoms with Crippen molar-refractivity contribution in [2.45, 2.75) is 37.5 Å². The van der Waals surface area contributed by atoms with Crippen molar-refractivity contribution in [3.8, 4) is 11.3 Å². The number of hydrogen-bond acceptors (Lipinski definition) is 4. The Morgan fingerprint density at radius 3 is 2.78 bits per heavy atom. The van der Waals surface area contributed by atoms with Crippen LogP contribution in [0.3, 0.4) is 0 Å². The minimum atomic E-state index is -2.57. The molecule has 6 nitrogen and oxygen atoms in total. The van der Waals surface area contributed by atoms with Gasteiger partial charge in [0.15, 0.2) is 0 Å². The first-order valence-electron chi connectivity index (χ1n) is 12.0. The topological polar surface area (TPSA) is 73.9 Å². The van der Waals surface area contributed by atoms with Gasteiger partial charge in [0.1, 0.15) is 11.8 Å². The Hall–Kier alpha value is -3.72. The Bertz CT molecular complexity index is 1420. The van der Waals surface area contributed by atoms with Crippen molar-refractivity contribution in [2.75, 3.05) is 13.1 Å². The summed E-state index contributed by atoms with van der Waals surface area (Å²) in [5, 5.41) is 4.02. The lowest BCUT2D eigenvalue weighted by atomic mass is 10.0. The molecule has 1 aromatic carbocycles. The van der Waals surface area contributed by atoms with E-state index in [1.165, 1.54) is 18.3 Å². The number of fused-ring (bicyclic) bond motifs is 2. The molecule has 1 amide bonds. The third kappa shape index (κ3) is 4.03. The van der Waals surface area contributed by atoms with Gasteiger partial charge in [0.05, 0.1) is 17.3 Å². The molecule has 3 aromatic heterocycles. The molecule has 1 fully saturated rings. The van der Waals surface area contributed by atoms with Gasteiger partial charge in [0.2, 0.25) is 0 Å². The van der Waals surface area contributed by atoms with Crippen molar-refractivity contribution in [3.05, 3.63) is 83.3 Å². The minimum Gasteiger partial charge on any atom is -0.346 e. The number of alkyl halides is 3. The van der Waals surface area contributed by atoms with Gasteiger partial charge in [-0.1, -0.05) is 12.1 Å². The van der Waals surface area contributed by atoms with Crippen molar-refractivity contribution in [1.29, 1.82) is 0 Å². The zero-order chi connectivity index (χ0) is 24.8. The number of carbonyl (C=O) groups is 1. The van der Waals surface area contributed by atoms with Crippen LogP contribution in [0.5, 0.6) is 0 Å². The molecule has 1 aliphatic heterocycles. The fraction of sp³-hybridized carbons (Fsp3) is 0.296. The molecule has 184 valence electrons. The fourth-order valence-corrected chi connectivity index (χ4v) is 5.45. The van der Waals surface area contributed by atoms with Gasteiger partial charge in [-0.25, -0.2) is 18.2 Å². The van der Waals surface area contributed by atoms with Crippen LogP contribution in [-0.4, -0.2) is 51.1 Å². The maximum atomic E-state index is 14.0. The molecule has 0 radical (unpaired) electrons. The minimum absolute atomic E-state index is 0.0447. The molecule has 0 spiro atoms. The Labute approximate surface area is 205 Å². The van der Waals surface area contributed by atoms with Crippen LogP contribution >= 0.6 is 0 Å². The summed E-state index contributed by atoms with van der Waals surface area (Å²) in [7, 11) is 0. The van der Waals surface area contributed by atoms with Crippen LogP contribution in [0.4, 0.5) is 13.2 Å². The molecule has 2 N–H and O–H groups in total. The number of halogens is 3. The number of aromatic amines is 1. The summed E-state index contributed by atoms with van der Waals surface area (Å²) in [5.74, 6) is -0.313. The van der Waals surface area contributed by atoms with Crippen molar-refractivity contribution in [3.63, 3.8) is 0 Å². The summed E-state index contributed by atoms with van der Waals surface area (Å²) >= 11 is 0. The molecule has 6 rings (SSSR count). The Morgan fingerprint density at radius 2 is 2.03 bits per heavy atom. The van der Waals surface area contributed by atoms with Crippen LogP contribution in [0.1, 0.15) is 45.9 Å². The highest BCUT2D eigenvalue weighted by atomic mass is 19.3. The zero-order valence-corrected chi connectivity index (χ0v) is 19.3. The van der Waals surface area contributed by atoms with Crippen LogP contribution in [-0.2, 0) is 6.42 Å². The lowest BCUT2D eigenvalue weighted by Gasteiger charge is -2.30. The van der Waals surface area contributed by atoms with E-state index >= 15 is 0 Å². The average molecular weight is 492 g/mol. The number of aromatic nitrogens is 3. The smallest absolute Gasteiger partial charge is 0.263 e. The zero-order valence-electron chi connectivity index (χ0n) is 19.3. The number of nitrogens with one attached hydrogen (secondary N) is 2. The highest BCUT2D eigenvalue weighted by Crippen LogP contribution is 2.38. The monoisotopic (exact) mass is 491 g/mol. The lowest BCUT2D eigenvalue weighted by molar-refractivity contribution is 0.0903. The number of likely N-dealkylation sites (tertiary alicyclic amines) is 1. The van der Waals surface area contributed by atoms with Gasteiger partial charge in [-0.2, -0.15) is 0 Å². The second-order valence-electron chi connectivity index (χ2n) is 9.39. The van der Waals surface area contributed by atoms with Crippen LogP contribution in [0, 0.1) is 0 Å². The molecule has 9 heteroatoms. The average Bonchev–Trinajstić information content (AvgIpc) is 3.62. The van der Waals surface area contributed by atoms with Crippen molar-refractivity contribution in [1.82, 2.24) is 25.2 Å². The summed E-state index contributed by atoms with van der Waals surface area (Å²) in [6, 6.07) is 11.3. The summed E-state index contributed by atoms with van der Waals surface area (Å²) < 4.78 is 40.6. The molecule has 0 unspecified atom stereocenters. The van der Waals surface area contributed by atoms with E-state index in [2.05, 4.69) is 20.3 Å². The molecule has 4 heterocycles. The number of carbonyl (C=O) groups excluding carboxylic acids is 1. The van der Waals surface area contributed by atoms with Crippen LogP contribution < -0.4 is 5.32 Å². The van der Waals surface area contributed by atoms with Gasteiger partial charge in [-0.15, -0.1) is 0 Å². The first-order valence-corrected chi connectivity index (χ1v) is 12.0. The molecule has 2 aliphatic rings. The van der Waals surface area contributed by atoms with Gasteiger partial charge in [0, 0.05) is 54.2 Å². The quantitative estimate of drug-likeness (QED) is 0.412. The van der Waals surface area contributed by atoms with Crippen LogP contribution in [0.2, 0.25) is 0 Å². The third-order valence-electron chi connectivity index (χ3n) is 7.25. The lowest BCUT2D eigenvalue weighted by Crippen LogP contribution is -2.43. The van der Waals surface area contributed by atoms with Gasteiger partial charge in [-0.05, 0) is 54.3 Å². The normalized spacial score (nSPS) is 21.8. The predicted octanol–water partition coefficient (Wildman–Crippen LogP) is 5.00. The number of amides is 1. The summed E-state index contributed by atoms with van der Waals surface area (Å²) in [5.41, 5.74) is 4.30. The van der Waals surface area contributed by atoms with Crippen LogP contribution in [0.15, 0.2) is 61.1 Å². The molecular weight excluding hydrogens is 467 g/mol. The highest BCUT2D eigenvalue weighted by molar-refractivity contribution is 5.95. The number of hydrogen-bond donors (Lipinski definition) is 2. The summed E-state index contributed by atoms with van der Waals surface area (Å²) in [4.78, 5) is 27.1. The van der Waals surface area contributed by atoms with E-state index < -0.39 is 18.6 Å². The van der Waals surface area contributed by atoms with E-state index in [9.17, 15) is 18.0 Å². The molecule has 1 aliphatic carbocycles. The molecular formula is C27H24F3N5O. The molecule has 3 atom stereocenters. The third-order valence-corrected chi connectivity index (χ3v) is 7.25. The first kappa shape index (κ1) is 22.7. The van der Waals surface area contributed by atoms with E-state index in [1.54, 1.807) is 24.4 Å². The standard InChI is InChI=1S/C27H24F3N5O/c28-18-7-10-35(14-18)23-12-17-11-15(25(29)30)1-3-19(17)24(23)34-27(36)16-2-4-22(33-13-16)20-5-8-31-26-21(20)6-9-32-26/h1-6,8-9,11,13,18,23-25H,7,10,12,14H2,(H,31,32)(H,34,36)/t18-,23+,24+/m0/s1. The highest BCUT2D eigenvalue weighted by Gasteiger charge is 2.40. The first-order chi connectivity index (χ1) is 17.5. The number of benzene rings is 1. The van der Waals surface area contributed by atoms with Gasteiger partial charge in [0.25, 0.3) is 12.3 Å². The maximum Gasteiger partial charge on any atom is 0.263 e. The molecule has 0 bridgehead atoms. The van der Waals surface area contributed by atoms with Gasteiger partial charge < -0.3 is 10.3 Å². The van der Waals surface area contributed by atoms with Crippen molar-refractivity contribution >= 4 is 16.9 Å². The predicted molar refractivity (Wildman–Crippen MR) is 130 cm³/mol. The van der Waals surface area contributed by atoms with E-state index in [0.717, 1.165) is 27.7 Å². The van der Waals surface area contributed by atoms with E-state index in [-0.39, 0.29) is 24.1 Å². The molecule has 0 saturated carbocycles. The summed E-state index contributed by atoms with van der Waals surface area (Å²) in [6.07, 6.45) is 2.48. The Morgan fingerprint density at radius 1 is 1.14 bits per heavy atom. The second kappa shape index (κ2) is 9.05. The number of H-pyrrole nitrogens is 1. The molecule has 4 aromatic rings. The summed E-state index contributed by atoms with van der Waals surface area (Å²) in [6.45, 7) is 0.853. The van der Waals surface area contributed by atoms with Crippen molar-refractivity contribution < 1.29 is 18.0 Å². The van der Waals surface area contributed by atoms with Crippen LogP contribution in [0.25, 0.3) is 22.3 Å². The maximum absolute atomic E-state index is 14.0. The SMILES string of the molecule is O=C(N[C@@H]1c2ccc(C(F)F)cc2C[C@H]1N1CC[C@H](F)C1)c1ccc(-c2ccnc3[nH]ccc23)nc1. The fourth-order valence-electron chi connectivity index (χ4n) is 5.45. The molecule has 36 heavy (non-hydrogen) atoms. The van der Waals surface area contributed by atoms with Gasteiger partial charge in [-0.3, -0.25) is 14.7 Å². The number of nitrogens with zero attached hydrogens (tertiary/aromatic N) is 3. The number of pyridine rings is 2. The number of rotatable bonds is 5. The Balaban J connectivity index is 1.26. The van der Waals surface area contributed by atoms with Gasteiger partial charge >= 0.3 is 0 Å². The van der Waals surface area contributed by atoms with E-state index in [0.29, 0.717) is 30.6 Å². The van der Waals surface area contributed by atoms with E-state index in [4.69, 9.17) is 0 Å². The largest absolute Gasteiger partial charge is 0.346 e.